The van der Waals surface area contributed by atoms with E-state index < -0.39 is 0 Å². The van der Waals surface area contributed by atoms with Gasteiger partial charge in [-0.05, 0) is 25.0 Å². The first-order chi connectivity index (χ1) is 6.48. The lowest BCUT2D eigenvalue weighted by atomic mass is 9.97. The number of aliphatic hydroxyl groups excluding tert-OH is 1. The Morgan fingerprint density at radius 3 is 2.86 bits per heavy atom. The molecule has 0 aliphatic carbocycles. The van der Waals surface area contributed by atoms with Gasteiger partial charge >= 0.3 is 0 Å². The summed E-state index contributed by atoms with van der Waals surface area (Å²) in [6.07, 6.45) is 0.551. The SMILES string of the molecule is Cc1ccc2c(c1)C(O)CC(C)(C)S2. The molecule has 1 nitrogen and oxygen atoms in total. The van der Waals surface area contributed by atoms with Crippen molar-refractivity contribution in [2.45, 2.75) is 42.9 Å². The molecule has 14 heavy (non-hydrogen) atoms. The number of fused-ring (bicyclic) bond motifs is 1. The van der Waals surface area contributed by atoms with E-state index in [4.69, 9.17) is 0 Å². The summed E-state index contributed by atoms with van der Waals surface area (Å²) in [6.45, 7) is 6.44. The van der Waals surface area contributed by atoms with Gasteiger partial charge in [-0.15, -0.1) is 11.8 Å². The number of aliphatic hydroxyl groups is 1. The van der Waals surface area contributed by atoms with E-state index in [1.165, 1.54) is 10.5 Å². The van der Waals surface area contributed by atoms with E-state index in [1.54, 1.807) is 0 Å². The molecule has 2 rings (SSSR count). The molecular weight excluding hydrogens is 192 g/mol. The van der Waals surface area contributed by atoms with Gasteiger partial charge in [-0.3, -0.25) is 0 Å². The summed E-state index contributed by atoms with van der Waals surface area (Å²) in [6, 6.07) is 6.33. The van der Waals surface area contributed by atoms with Crippen LogP contribution < -0.4 is 0 Å². The second kappa shape index (κ2) is 3.28. The summed E-state index contributed by atoms with van der Waals surface area (Å²) >= 11 is 1.87. The third kappa shape index (κ3) is 1.82. The van der Waals surface area contributed by atoms with Crippen molar-refractivity contribution in [2.24, 2.45) is 0 Å². The van der Waals surface area contributed by atoms with Crippen molar-refractivity contribution in [2.75, 3.05) is 0 Å². The molecule has 0 saturated heterocycles. The van der Waals surface area contributed by atoms with E-state index in [2.05, 4.69) is 39.0 Å². The average molecular weight is 208 g/mol. The lowest BCUT2D eigenvalue weighted by molar-refractivity contribution is 0.151. The Hall–Kier alpha value is -0.470. The minimum absolute atomic E-state index is 0.154. The molecule has 76 valence electrons. The standard InChI is InChI=1S/C12H16OS/c1-8-4-5-11-9(6-8)10(13)7-12(2,3)14-11/h4-6,10,13H,7H2,1-3H3. The Morgan fingerprint density at radius 2 is 2.14 bits per heavy atom. The highest BCUT2D eigenvalue weighted by molar-refractivity contribution is 8.00. The molecule has 1 unspecified atom stereocenters. The molecule has 1 N–H and O–H groups in total. The Labute approximate surface area is 89.5 Å². The molecule has 1 aliphatic rings. The van der Waals surface area contributed by atoms with Crippen LogP contribution in [0.3, 0.4) is 0 Å². The normalized spacial score (nSPS) is 24.4. The van der Waals surface area contributed by atoms with E-state index >= 15 is 0 Å². The quantitative estimate of drug-likeness (QED) is 0.706. The van der Waals surface area contributed by atoms with Crippen LogP contribution in [0.5, 0.6) is 0 Å². The molecule has 0 spiro atoms. The van der Waals surface area contributed by atoms with Crippen LogP contribution in [0.25, 0.3) is 0 Å². The van der Waals surface area contributed by atoms with Crippen LogP contribution in [0.15, 0.2) is 23.1 Å². The molecule has 0 fully saturated rings. The van der Waals surface area contributed by atoms with E-state index in [1.807, 2.05) is 11.8 Å². The Kier molecular flexibility index (Phi) is 2.36. The molecule has 0 saturated carbocycles. The van der Waals surface area contributed by atoms with Crippen molar-refractivity contribution in [3.05, 3.63) is 29.3 Å². The van der Waals surface area contributed by atoms with Crippen LogP contribution in [0, 0.1) is 6.92 Å². The Morgan fingerprint density at radius 1 is 1.43 bits per heavy atom. The van der Waals surface area contributed by atoms with Gasteiger partial charge in [-0.1, -0.05) is 31.5 Å². The number of hydrogen-bond acceptors (Lipinski definition) is 2. The van der Waals surface area contributed by atoms with Crippen molar-refractivity contribution < 1.29 is 5.11 Å². The number of hydrogen-bond donors (Lipinski definition) is 1. The fourth-order valence-corrected chi connectivity index (χ4v) is 3.22. The monoisotopic (exact) mass is 208 g/mol. The number of aryl methyl sites for hydroxylation is 1. The molecular formula is C12H16OS. The van der Waals surface area contributed by atoms with Gasteiger partial charge in [-0.2, -0.15) is 0 Å². The van der Waals surface area contributed by atoms with E-state index in [-0.39, 0.29) is 10.9 Å². The largest absolute Gasteiger partial charge is 0.388 e. The summed E-state index contributed by atoms with van der Waals surface area (Å²) in [7, 11) is 0. The van der Waals surface area contributed by atoms with Crippen LogP contribution in [0.4, 0.5) is 0 Å². The smallest absolute Gasteiger partial charge is 0.0814 e. The van der Waals surface area contributed by atoms with Gasteiger partial charge in [-0.25, -0.2) is 0 Å². The first-order valence-corrected chi connectivity index (χ1v) is 5.77. The fourth-order valence-electron chi connectivity index (χ4n) is 1.94. The molecule has 1 heterocycles. The maximum Gasteiger partial charge on any atom is 0.0814 e. The second-order valence-corrected chi connectivity index (χ2v) is 6.37. The maximum absolute atomic E-state index is 10.0. The summed E-state index contributed by atoms with van der Waals surface area (Å²) in [5.41, 5.74) is 2.33. The van der Waals surface area contributed by atoms with E-state index in [9.17, 15) is 5.11 Å². The van der Waals surface area contributed by atoms with E-state index in [0.29, 0.717) is 0 Å². The van der Waals surface area contributed by atoms with Crippen molar-refractivity contribution in [1.82, 2.24) is 0 Å². The van der Waals surface area contributed by atoms with Gasteiger partial charge < -0.3 is 5.11 Å². The molecule has 0 amide bonds. The van der Waals surface area contributed by atoms with Gasteiger partial charge in [0, 0.05) is 9.64 Å². The molecule has 0 aromatic heterocycles. The fraction of sp³-hybridized carbons (Fsp3) is 0.500. The van der Waals surface area contributed by atoms with Gasteiger partial charge in [0.25, 0.3) is 0 Å². The van der Waals surface area contributed by atoms with Crippen molar-refractivity contribution in [3.8, 4) is 0 Å². The first-order valence-electron chi connectivity index (χ1n) is 4.95. The van der Waals surface area contributed by atoms with Crippen LogP contribution >= 0.6 is 11.8 Å². The van der Waals surface area contributed by atoms with Gasteiger partial charge in [0.05, 0.1) is 6.10 Å². The highest BCUT2D eigenvalue weighted by Crippen LogP contribution is 2.47. The van der Waals surface area contributed by atoms with Crippen LogP contribution in [0.1, 0.15) is 37.5 Å². The average Bonchev–Trinajstić information content (AvgIpc) is 2.05. The minimum atomic E-state index is -0.291. The topological polar surface area (TPSA) is 20.2 Å². The van der Waals surface area contributed by atoms with Gasteiger partial charge in [0.1, 0.15) is 0 Å². The summed E-state index contributed by atoms with van der Waals surface area (Å²) in [5, 5.41) is 10.0. The van der Waals surface area contributed by atoms with Crippen LogP contribution in [-0.4, -0.2) is 9.85 Å². The predicted molar refractivity (Wildman–Crippen MR) is 60.7 cm³/mol. The zero-order valence-electron chi connectivity index (χ0n) is 8.87. The van der Waals surface area contributed by atoms with Crippen molar-refractivity contribution >= 4 is 11.8 Å². The number of thioether (sulfide) groups is 1. The zero-order valence-corrected chi connectivity index (χ0v) is 9.69. The first kappa shape index (κ1) is 10.1. The molecule has 0 radical (unpaired) electrons. The highest BCUT2D eigenvalue weighted by atomic mass is 32.2. The third-order valence-corrected chi connectivity index (χ3v) is 3.91. The lowest BCUT2D eigenvalue weighted by Gasteiger charge is -2.34. The maximum atomic E-state index is 10.0. The zero-order chi connectivity index (χ0) is 10.3. The molecule has 2 heteroatoms. The number of rotatable bonds is 0. The summed E-state index contributed by atoms with van der Waals surface area (Å²) < 4.78 is 0.154. The predicted octanol–water partition coefficient (Wildman–Crippen LogP) is 3.30. The second-order valence-electron chi connectivity index (χ2n) is 4.62. The lowest BCUT2D eigenvalue weighted by Crippen LogP contribution is -2.23. The van der Waals surface area contributed by atoms with Crippen molar-refractivity contribution in [3.63, 3.8) is 0 Å². The van der Waals surface area contributed by atoms with Gasteiger partial charge in [0.2, 0.25) is 0 Å². The molecule has 1 aromatic carbocycles. The summed E-state index contributed by atoms with van der Waals surface area (Å²) in [5.74, 6) is 0. The van der Waals surface area contributed by atoms with E-state index in [0.717, 1.165) is 12.0 Å². The van der Waals surface area contributed by atoms with Gasteiger partial charge in [0.15, 0.2) is 0 Å². The third-order valence-electron chi connectivity index (χ3n) is 2.60. The molecule has 1 atom stereocenters. The summed E-state index contributed by atoms with van der Waals surface area (Å²) in [4.78, 5) is 1.24. The molecule has 1 aliphatic heterocycles. The van der Waals surface area contributed by atoms with Crippen LogP contribution in [-0.2, 0) is 0 Å². The minimum Gasteiger partial charge on any atom is -0.388 e. The molecule has 1 aromatic rings. The van der Waals surface area contributed by atoms with Crippen LogP contribution in [0.2, 0.25) is 0 Å². The van der Waals surface area contributed by atoms with Crippen molar-refractivity contribution in [1.29, 1.82) is 0 Å². The Bertz CT molecular complexity index is 357. The highest BCUT2D eigenvalue weighted by Gasteiger charge is 2.31. The molecule has 0 bridgehead atoms. The number of benzene rings is 1. The Balaban J connectivity index is 2.45.